The van der Waals surface area contributed by atoms with Gasteiger partial charge in [0.1, 0.15) is 5.75 Å². The van der Waals surface area contributed by atoms with Crippen LogP contribution in [0.25, 0.3) is 0 Å². The summed E-state index contributed by atoms with van der Waals surface area (Å²) in [6, 6.07) is 6.50. The summed E-state index contributed by atoms with van der Waals surface area (Å²) in [5.74, 6) is 0.264. The third-order valence-electron chi connectivity index (χ3n) is 2.33. The van der Waals surface area contributed by atoms with Crippen LogP contribution in [0.3, 0.4) is 0 Å². The van der Waals surface area contributed by atoms with Crippen molar-refractivity contribution >= 4 is 5.78 Å². The van der Waals surface area contributed by atoms with Gasteiger partial charge in [0, 0.05) is 18.4 Å². The number of ketones is 1. The molecule has 2 nitrogen and oxygen atoms in total. The fraction of sp³-hybridized carbons (Fsp3) is 0.462. The Hall–Kier alpha value is -1.52. The van der Waals surface area contributed by atoms with Gasteiger partial charge in [0.05, 0.1) is 6.61 Å². The van der Waals surface area contributed by atoms with Gasteiger partial charge in [-0.25, -0.2) is 0 Å². The summed E-state index contributed by atoms with van der Waals surface area (Å²) < 4.78 is 41.0. The van der Waals surface area contributed by atoms with E-state index in [9.17, 15) is 18.0 Å². The van der Waals surface area contributed by atoms with Gasteiger partial charge in [0.15, 0.2) is 5.78 Å². The molecule has 0 N–H and O–H groups in total. The minimum absolute atomic E-state index is 0.102. The van der Waals surface area contributed by atoms with Crippen LogP contribution in [0, 0.1) is 0 Å². The molecule has 100 valence electrons. The molecule has 1 aromatic rings. The molecule has 1 aromatic carbocycles. The van der Waals surface area contributed by atoms with Crippen molar-refractivity contribution in [2.75, 3.05) is 6.61 Å². The summed E-state index contributed by atoms with van der Waals surface area (Å²) in [6.45, 7) is 2.30. The lowest BCUT2D eigenvalue weighted by atomic mass is 10.1. The minimum atomic E-state index is -4.20. The predicted molar refractivity (Wildman–Crippen MR) is 61.8 cm³/mol. The number of rotatable bonds is 6. The summed E-state index contributed by atoms with van der Waals surface area (Å²) >= 11 is 0. The monoisotopic (exact) mass is 260 g/mol. The third-order valence-corrected chi connectivity index (χ3v) is 2.33. The summed E-state index contributed by atoms with van der Waals surface area (Å²) in [4.78, 5) is 11.7. The fourth-order valence-electron chi connectivity index (χ4n) is 1.52. The van der Waals surface area contributed by atoms with Gasteiger partial charge in [0.2, 0.25) is 0 Å². The SMILES string of the molecule is CCOc1cccc(C(=O)CCCC(F)(F)F)c1. The van der Waals surface area contributed by atoms with Gasteiger partial charge in [-0.05, 0) is 25.5 Å². The number of benzene rings is 1. The van der Waals surface area contributed by atoms with E-state index in [1.165, 1.54) is 0 Å². The zero-order chi connectivity index (χ0) is 13.6. The molecule has 0 aliphatic heterocycles. The maximum Gasteiger partial charge on any atom is 0.389 e. The molecule has 0 aromatic heterocycles. The highest BCUT2D eigenvalue weighted by molar-refractivity contribution is 5.96. The number of ether oxygens (including phenoxy) is 1. The van der Waals surface area contributed by atoms with E-state index in [1.54, 1.807) is 24.3 Å². The Morgan fingerprint density at radius 1 is 1.33 bits per heavy atom. The Balaban J connectivity index is 2.53. The first-order chi connectivity index (χ1) is 8.42. The summed E-state index contributed by atoms with van der Waals surface area (Å²) in [6.07, 6.45) is -5.41. The molecule has 0 radical (unpaired) electrons. The first-order valence-corrected chi connectivity index (χ1v) is 5.75. The van der Waals surface area contributed by atoms with Crippen LogP contribution in [0.2, 0.25) is 0 Å². The fourth-order valence-corrected chi connectivity index (χ4v) is 1.52. The number of hydrogen-bond acceptors (Lipinski definition) is 2. The molecular formula is C13H15F3O2. The molecule has 0 atom stereocenters. The Morgan fingerprint density at radius 3 is 2.67 bits per heavy atom. The van der Waals surface area contributed by atoms with Crippen LogP contribution in [-0.4, -0.2) is 18.6 Å². The van der Waals surface area contributed by atoms with Crippen molar-refractivity contribution in [3.8, 4) is 5.75 Å². The third kappa shape index (κ3) is 5.21. The molecule has 0 amide bonds. The molecule has 5 heteroatoms. The molecule has 0 fully saturated rings. The molecule has 0 saturated carbocycles. The number of carbonyl (C=O) groups is 1. The number of Topliss-reactive ketones (excluding diaryl/α,β-unsaturated/α-hetero) is 1. The molecule has 0 saturated heterocycles. The Morgan fingerprint density at radius 2 is 2.06 bits per heavy atom. The molecule has 0 aliphatic carbocycles. The zero-order valence-corrected chi connectivity index (χ0v) is 10.1. The van der Waals surface area contributed by atoms with Crippen LogP contribution in [0.4, 0.5) is 13.2 Å². The van der Waals surface area contributed by atoms with Crippen molar-refractivity contribution in [3.63, 3.8) is 0 Å². The zero-order valence-electron chi connectivity index (χ0n) is 10.1. The molecule has 0 heterocycles. The van der Waals surface area contributed by atoms with Crippen LogP contribution in [0.5, 0.6) is 5.75 Å². The van der Waals surface area contributed by atoms with Crippen LogP contribution in [0.1, 0.15) is 36.5 Å². The smallest absolute Gasteiger partial charge is 0.389 e. The van der Waals surface area contributed by atoms with Crippen LogP contribution in [0.15, 0.2) is 24.3 Å². The lowest BCUT2D eigenvalue weighted by Gasteiger charge is -2.07. The molecule has 0 unspecified atom stereocenters. The summed E-state index contributed by atoms with van der Waals surface area (Å²) in [7, 11) is 0. The number of carbonyl (C=O) groups excluding carboxylic acids is 1. The Bertz CT molecular complexity index is 399. The second-order valence-electron chi connectivity index (χ2n) is 3.85. The quantitative estimate of drug-likeness (QED) is 0.722. The Labute approximate surface area is 104 Å². The van der Waals surface area contributed by atoms with E-state index in [1.807, 2.05) is 6.92 Å². The maximum atomic E-state index is 11.9. The van der Waals surface area contributed by atoms with Gasteiger partial charge in [0.25, 0.3) is 0 Å². The molecule has 0 spiro atoms. The summed E-state index contributed by atoms with van der Waals surface area (Å²) in [5.41, 5.74) is 0.392. The van der Waals surface area contributed by atoms with Gasteiger partial charge in [-0.3, -0.25) is 4.79 Å². The highest BCUT2D eigenvalue weighted by Crippen LogP contribution is 2.23. The van der Waals surface area contributed by atoms with Crippen molar-refractivity contribution < 1.29 is 22.7 Å². The van der Waals surface area contributed by atoms with E-state index in [-0.39, 0.29) is 18.6 Å². The lowest BCUT2D eigenvalue weighted by Crippen LogP contribution is -2.08. The summed E-state index contributed by atoms with van der Waals surface area (Å²) in [5, 5.41) is 0. The van der Waals surface area contributed by atoms with E-state index in [4.69, 9.17) is 4.74 Å². The van der Waals surface area contributed by atoms with E-state index in [0.717, 1.165) is 0 Å². The van der Waals surface area contributed by atoms with Crippen molar-refractivity contribution in [3.05, 3.63) is 29.8 Å². The molecule has 0 aliphatic rings. The maximum absolute atomic E-state index is 11.9. The normalized spacial score (nSPS) is 11.3. The number of hydrogen-bond donors (Lipinski definition) is 0. The van der Waals surface area contributed by atoms with Gasteiger partial charge >= 0.3 is 6.18 Å². The van der Waals surface area contributed by atoms with Gasteiger partial charge in [-0.2, -0.15) is 13.2 Å². The van der Waals surface area contributed by atoms with E-state index >= 15 is 0 Å². The van der Waals surface area contributed by atoms with Crippen LogP contribution < -0.4 is 4.74 Å². The second kappa shape index (κ2) is 6.42. The topological polar surface area (TPSA) is 26.3 Å². The largest absolute Gasteiger partial charge is 0.494 e. The van der Waals surface area contributed by atoms with Crippen molar-refractivity contribution in [2.24, 2.45) is 0 Å². The van der Waals surface area contributed by atoms with Gasteiger partial charge in [-0.1, -0.05) is 12.1 Å². The minimum Gasteiger partial charge on any atom is -0.494 e. The van der Waals surface area contributed by atoms with Gasteiger partial charge < -0.3 is 4.74 Å². The molecular weight excluding hydrogens is 245 g/mol. The Kier molecular flexibility index (Phi) is 5.19. The number of halogens is 3. The van der Waals surface area contributed by atoms with Crippen LogP contribution >= 0.6 is 0 Å². The molecule has 18 heavy (non-hydrogen) atoms. The highest BCUT2D eigenvalue weighted by Gasteiger charge is 2.26. The van der Waals surface area contributed by atoms with Gasteiger partial charge in [-0.15, -0.1) is 0 Å². The molecule has 0 bridgehead atoms. The van der Waals surface area contributed by atoms with E-state index in [0.29, 0.717) is 17.9 Å². The van der Waals surface area contributed by atoms with Crippen molar-refractivity contribution in [1.29, 1.82) is 0 Å². The van der Waals surface area contributed by atoms with E-state index in [2.05, 4.69) is 0 Å². The predicted octanol–water partition coefficient (Wildman–Crippen LogP) is 4.00. The standard InChI is InChI=1S/C13H15F3O2/c1-2-18-11-6-3-5-10(9-11)12(17)7-4-8-13(14,15)16/h3,5-6,9H,2,4,7-8H2,1H3. The first kappa shape index (κ1) is 14.5. The highest BCUT2D eigenvalue weighted by atomic mass is 19.4. The van der Waals surface area contributed by atoms with Crippen molar-refractivity contribution in [1.82, 2.24) is 0 Å². The van der Waals surface area contributed by atoms with E-state index < -0.39 is 12.6 Å². The first-order valence-electron chi connectivity index (χ1n) is 5.75. The van der Waals surface area contributed by atoms with Crippen molar-refractivity contribution in [2.45, 2.75) is 32.4 Å². The second-order valence-corrected chi connectivity index (χ2v) is 3.85. The average Bonchev–Trinajstić information content (AvgIpc) is 2.28. The lowest BCUT2D eigenvalue weighted by molar-refractivity contribution is -0.135. The van der Waals surface area contributed by atoms with Crippen LogP contribution in [-0.2, 0) is 0 Å². The number of alkyl halides is 3. The molecule has 1 rings (SSSR count). The average molecular weight is 260 g/mol.